The number of ether oxygens (including phenoxy) is 1. The average Bonchev–Trinajstić information content (AvgIpc) is 2.87. The second-order valence-corrected chi connectivity index (χ2v) is 9.35. The molecule has 4 rings (SSSR count). The summed E-state index contributed by atoms with van der Waals surface area (Å²) < 4.78 is 19.6. The number of rotatable bonds is 7. The molecule has 0 saturated heterocycles. The van der Waals surface area contributed by atoms with Crippen molar-refractivity contribution >= 4 is 11.7 Å². The molecule has 1 aliphatic rings. The number of fused-ring (bicyclic) bond motifs is 1. The first-order valence-electron chi connectivity index (χ1n) is 11.9. The van der Waals surface area contributed by atoms with Crippen LogP contribution < -0.4 is 10.1 Å². The van der Waals surface area contributed by atoms with E-state index in [9.17, 15) is 9.18 Å². The summed E-state index contributed by atoms with van der Waals surface area (Å²) in [5, 5.41) is 3.59. The SMILES string of the molecule is CCN(C[C@@]1(C)CCc2cc(-c3ccccn3)c(C)nc2N1)C(=O)[C@H](C)c1cc(OC)ncc1F. The predicted molar refractivity (Wildman–Crippen MR) is 134 cm³/mol. The van der Waals surface area contributed by atoms with Crippen LogP contribution >= 0.6 is 0 Å². The van der Waals surface area contributed by atoms with E-state index >= 15 is 0 Å². The standard InChI is InChI=1S/C27H32FN5O2/c1-6-33(26(34)17(2)20-14-24(35-5)30-15-22(20)28)16-27(4)11-10-19-13-21(18(3)31-25(19)32-27)23-9-7-8-12-29-23/h7-9,12-15,17H,6,10-11,16H2,1-5H3,(H,31,32)/t17-,27-/m1/s1. The first-order chi connectivity index (χ1) is 16.7. The zero-order valence-corrected chi connectivity index (χ0v) is 20.9. The fraction of sp³-hybridized carbons (Fsp3) is 0.407. The van der Waals surface area contributed by atoms with E-state index in [2.05, 4.69) is 28.3 Å². The van der Waals surface area contributed by atoms with Crippen molar-refractivity contribution in [2.45, 2.75) is 52.0 Å². The average molecular weight is 478 g/mol. The molecule has 3 aromatic rings. The summed E-state index contributed by atoms with van der Waals surface area (Å²) in [5.41, 5.74) is 3.90. The van der Waals surface area contributed by atoms with Gasteiger partial charge in [0, 0.05) is 42.2 Å². The van der Waals surface area contributed by atoms with Gasteiger partial charge in [-0.2, -0.15) is 0 Å². The fourth-order valence-electron chi connectivity index (χ4n) is 4.66. The van der Waals surface area contributed by atoms with Crippen molar-refractivity contribution in [2.24, 2.45) is 0 Å². The number of amides is 1. The maximum absolute atomic E-state index is 14.5. The monoisotopic (exact) mass is 477 g/mol. The Morgan fingerprint density at radius 3 is 2.80 bits per heavy atom. The number of nitrogens with zero attached hydrogens (tertiary/aromatic N) is 4. The Morgan fingerprint density at radius 1 is 1.31 bits per heavy atom. The minimum absolute atomic E-state index is 0.136. The predicted octanol–water partition coefficient (Wildman–Crippen LogP) is 4.76. The number of carbonyl (C=O) groups excluding carboxylic acids is 1. The van der Waals surface area contributed by atoms with Gasteiger partial charge in [-0.1, -0.05) is 6.07 Å². The number of hydrogen-bond acceptors (Lipinski definition) is 6. The van der Waals surface area contributed by atoms with Gasteiger partial charge in [-0.05, 0) is 64.3 Å². The van der Waals surface area contributed by atoms with Crippen LogP contribution in [0.5, 0.6) is 5.88 Å². The summed E-state index contributed by atoms with van der Waals surface area (Å²) in [6, 6.07) is 9.52. The van der Waals surface area contributed by atoms with Crippen LogP contribution in [0.3, 0.4) is 0 Å². The number of anilines is 1. The van der Waals surface area contributed by atoms with Crippen LogP contribution in [0, 0.1) is 12.7 Å². The molecule has 0 unspecified atom stereocenters. The Labute approximate surface area is 205 Å². The molecule has 1 aliphatic heterocycles. The lowest BCUT2D eigenvalue weighted by Crippen LogP contribution is -2.51. The van der Waals surface area contributed by atoms with Crippen LogP contribution in [-0.2, 0) is 11.2 Å². The third-order valence-electron chi connectivity index (χ3n) is 6.74. The second-order valence-electron chi connectivity index (χ2n) is 9.35. The highest BCUT2D eigenvalue weighted by Crippen LogP contribution is 2.34. The largest absolute Gasteiger partial charge is 0.481 e. The Hall–Kier alpha value is -3.55. The summed E-state index contributed by atoms with van der Waals surface area (Å²) in [6.45, 7) is 8.75. The molecule has 8 heteroatoms. The molecule has 184 valence electrons. The number of halogens is 1. The molecule has 7 nitrogen and oxygen atoms in total. The molecular weight excluding hydrogens is 445 g/mol. The molecule has 35 heavy (non-hydrogen) atoms. The van der Waals surface area contributed by atoms with Crippen molar-refractivity contribution in [2.75, 3.05) is 25.5 Å². The minimum Gasteiger partial charge on any atom is -0.481 e. The van der Waals surface area contributed by atoms with Gasteiger partial charge < -0.3 is 15.0 Å². The quantitative estimate of drug-likeness (QED) is 0.528. The van der Waals surface area contributed by atoms with Crippen LogP contribution in [-0.4, -0.2) is 51.5 Å². The molecule has 4 heterocycles. The van der Waals surface area contributed by atoms with Crippen molar-refractivity contribution in [1.29, 1.82) is 0 Å². The van der Waals surface area contributed by atoms with Gasteiger partial charge >= 0.3 is 0 Å². The van der Waals surface area contributed by atoms with E-state index in [-0.39, 0.29) is 22.9 Å². The third-order valence-corrected chi connectivity index (χ3v) is 6.74. The topological polar surface area (TPSA) is 80.2 Å². The highest BCUT2D eigenvalue weighted by molar-refractivity contribution is 5.83. The maximum Gasteiger partial charge on any atom is 0.230 e. The Morgan fingerprint density at radius 2 is 2.11 bits per heavy atom. The molecule has 0 saturated carbocycles. The van der Waals surface area contributed by atoms with Crippen LogP contribution in [0.1, 0.15) is 49.9 Å². The van der Waals surface area contributed by atoms with Crippen LogP contribution in [0.2, 0.25) is 0 Å². The molecule has 0 fully saturated rings. The lowest BCUT2D eigenvalue weighted by molar-refractivity contribution is -0.133. The molecule has 2 atom stereocenters. The Kier molecular flexibility index (Phi) is 7.00. The van der Waals surface area contributed by atoms with Crippen molar-refractivity contribution < 1.29 is 13.9 Å². The molecule has 1 amide bonds. The number of pyridine rings is 3. The molecule has 0 bridgehead atoms. The number of nitrogens with one attached hydrogen (secondary N) is 1. The van der Waals surface area contributed by atoms with Crippen molar-refractivity contribution in [3.8, 4) is 17.1 Å². The zero-order chi connectivity index (χ0) is 25.2. The summed E-state index contributed by atoms with van der Waals surface area (Å²) in [6.07, 6.45) is 4.56. The van der Waals surface area contributed by atoms with Crippen molar-refractivity contribution in [1.82, 2.24) is 19.9 Å². The van der Waals surface area contributed by atoms with Crippen LogP contribution in [0.4, 0.5) is 10.2 Å². The first-order valence-corrected chi connectivity index (χ1v) is 11.9. The van der Waals surface area contributed by atoms with E-state index < -0.39 is 11.7 Å². The Bertz CT molecular complexity index is 1220. The summed E-state index contributed by atoms with van der Waals surface area (Å²) in [4.78, 5) is 28.4. The van der Waals surface area contributed by atoms with E-state index in [4.69, 9.17) is 9.72 Å². The van der Waals surface area contributed by atoms with Crippen LogP contribution in [0.25, 0.3) is 11.3 Å². The summed E-state index contributed by atoms with van der Waals surface area (Å²) in [5.74, 6) is -0.178. The smallest absolute Gasteiger partial charge is 0.230 e. The van der Waals surface area contributed by atoms with Gasteiger partial charge in [0.25, 0.3) is 0 Å². The van der Waals surface area contributed by atoms with Crippen LogP contribution in [0.15, 0.2) is 42.7 Å². The molecule has 1 N–H and O–H groups in total. The second kappa shape index (κ2) is 9.98. The first kappa shape index (κ1) is 24.6. The number of likely N-dealkylation sites (N-methyl/N-ethyl adjacent to an activating group) is 1. The number of aromatic nitrogens is 3. The van der Waals surface area contributed by atoms with Gasteiger partial charge in [-0.3, -0.25) is 9.78 Å². The molecule has 0 aromatic carbocycles. The highest BCUT2D eigenvalue weighted by atomic mass is 19.1. The number of carbonyl (C=O) groups is 1. The normalized spacial score (nSPS) is 17.8. The number of hydrogen-bond donors (Lipinski definition) is 1. The molecular formula is C27H32FN5O2. The number of methoxy groups -OCH3 is 1. The summed E-state index contributed by atoms with van der Waals surface area (Å²) >= 11 is 0. The lowest BCUT2D eigenvalue weighted by atomic mass is 9.87. The van der Waals surface area contributed by atoms with E-state index in [1.165, 1.54) is 13.2 Å². The molecule has 0 spiro atoms. The van der Waals surface area contributed by atoms with Gasteiger partial charge in [0.1, 0.15) is 11.6 Å². The molecule has 0 aliphatic carbocycles. The van der Waals surface area contributed by atoms with Crippen molar-refractivity contribution in [3.63, 3.8) is 0 Å². The zero-order valence-electron chi connectivity index (χ0n) is 20.9. The van der Waals surface area contributed by atoms with E-state index in [1.807, 2.05) is 32.0 Å². The number of aryl methyl sites for hydroxylation is 2. The van der Waals surface area contributed by atoms with Gasteiger partial charge in [-0.25, -0.2) is 14.4 Å². The van der Waals surface area contributed by atoms with Gasteiger partial charge in [0.05, 0.1) is 30.5 Å². The third kappa shape index (κ3) is 5.11. The maximum atomic E-state index is 14.5. The van der Waals surface area contributed by atoms with E-state index in [1.54, 1.807) is 18.0 Å². The van der Waals surface area contributed by atoms with Gasteiger partial charge in [0.2, 0.25) is 11.8 Å². The minimum atomic E-state index is -0.660. The molecule has 0 radical (unpaired) electrons. The molecule has 3 aromatic heterocycles. The summed E-state index contributed by atoms with van der Waals surface area (Å²) in [7, 11) is 1.47. The van der Waals surface area contributed by atoms with Gasteiger partial charge in [0.15, 0.2) is 0 Å². The van der Waals surface area contributed by atoms with Gasteiger partial charge in [-0.15, -0.1) is 0 Å². The fourth-order valence-corrected chi connectivity index (χ4v) is 4.66. The lowest BCUT2D eigenvalue weighted by Gasteiger charge is -2.40. The Balaban J connectivity index is 1.53. The van der Waals surface area contributed by atoms with E-state index in [0.29, 0.717) is 13.1 Å². The van der Waals surface area contributed by atoms with E-state index in [0.717, 1.165) is 47.4 Å². The van der Waals surface area contributed by atoms with Crippen molar-refractivity contribution in [3.05, 3.63) is 65.4 Å². The highest BCUT2D eigenvalue weighted by Gasteiger charge is 2.35.